The van der Waals surface area contributed by atoms with Gasteiger partial charge < -0.3 is 9.80 Å². The molecule has 0 aromatic heterocycles. The summed E-state index contributed by atoms with van der Waals surface area (Å²) in [6, 6.07) is 88.3. The Hall–Kier alpha value is -8.20. The summed E-state index contributed by atoms with van der Waals surface area (Å²) in [6.45, 7) is 0. The van der Waals surface area contributed by atoms with Crippen LogP contribution in [0.2, 0.25) is 0 Å². The Morgan fingerprint density at radius 2 is 0.760 bits per heavy atom. The Bertz CT molecular complexity index is 3910. The number of nitrogens with zero attached hydrogens (tertiary/aromatic N) is 2. The summed E-state index contributed by atoms with van der Waals surface area (Å²) in [5.41, 5.74) is 20.1. The molecule has 2 heteroatoms. The van der Waals surface area contributed by atoms with Crippen molar-refractivity contribution in [3.8, 4) is 22.3 Å². The highest BCUT2D eigenvalue weighted by molar-refractivity contribution is 6.21. The van der Waals surface area contributed by atoms with Gasteiger partial charge in [0.25, 0.3) is 0 Å². The van der Waals surface area contributed by atoms with Gasteiger partial charge >= 0.3 is 0 Å². The first-order valence-corrected chi connectivity index (χ1v) is 27.9. The van der Waals surface area contributed by atoms with E-state index in [0.717, 1.165) is 22.7 Å². The minimum Gasteiger partial charge on any atom is -0.310 e. The number of para-hydroxylation sites is 2. The maximum absolute atomic E-state index is 2.57. The van der Waals surface area contributed by atoms with Crippen molar-refractivity contribution in [1.82, 2.24) is 0 Å². The highest BCUT2D eigenvalue weighted by Gasteiger charge is 2.53. The van der Waals surface area contributed by atoms with Crippen LogP contribution in [0.5, 0.6) is 0 Å². The van der Waals surface area contributed by atoms with Crippen molar-refractivity contribution in [1.29, 1.82) is 0 Å². The number of fused-ring (bicyclic) bond motifs is 16. The zero-order valence-electron chi connectivity index (χ0n) is 42.6. The average Bonchev–Trinajstić information content (AvgIpc) is 4.19. The zero-order valence-corrected chi connectivity index (χ0v) is 42.6. The third-order valence-electron chi connectivity index (χ3n) is 18.0. The third kappa shape index (κ3) is 7.06. The maximum Gasteiger partial charge on any atom is 0.0731 e. The largest absolute Gasteiger partial charge is 0.310 e. The third-order valence-corrected chi connectivity index (χ3v) is 18.0. The standard InChI is InChI=1S/C73H60N2/c1-5-19-49(20-6-1)51-33-38-57(39-34-51)74(55-23-9-3-10-24-55)59-42-37-53-46-67-70(47-54(53)45-59)73(68-31-17-15-28-62(68)63-29-16-18-32-69(63)73)72-65-44-43-60(48-66(65)61-27-13-14-30-64(61)71(67)72)75(56-25-11-4-12-26-56)58-40-35-52(36-41-58)50-21-7-2-8-22-50/h3-4,9-18,23-50H,1-2,5-8,19-22H2. The molecule has 362 valence electrons. The lowest BCUT2D eigenvalue weighted by Gasteiger charge is -2.32. The second-order valence-electron chi connectivity index (χ2n) is 22.0. The molecular formula is C73H60N2. The molecule has 0 heterocycles. The van der Waals surface area contributed by atoms with Crippen LogP contribution in [0, 0.1) is 0 Å². The quantitative estimate of drug-likeness (QED) is 0.140. The van der Waals surface area contributed by atoms with Gasteiger partial charge in [0, 0.05) is 34.1 Å². The minimum atomic E-state index is -0.562. The molecule has 0 unspecified atom stereocenters. The lowest BCUT2D eigenvalue weighted by atomic mass is 9.69. The Balaban J connectivity index is 0.947. The number of rotatable bonds is 8. The highest BCUT2D eigenvalue weighted by Crippen LogP contribution is 2.66. The number of hydrogen-bond acceptors (Lipinski definition) is 2. The van der Waals surface area contributed by atoms with Gasteiger partial charge in [0.15, 0.2) is 0 Å². The van der Waals surface area contributed by atoms with E-state index in [0.29, 0.717) is 11.8 Å². The van der Waals surface area contributed by atoms with Crippen molar-refractivity contribution >= 4 is 66.4 Å². The predicted octanol–water partition coefficient (Wildman–Crippen LogP) is 20.5. The summed E-state index contributed by atoms with van der Waals surface area (Å²) < 4.78 is 0. The number of benzene rings is 11. The van der Waals surface area contributed by atoms with E-state index in [-0.39, 0.29) is 0 Å². The SMILES string of the molecule is c1ccc(N(c2ccc(C3CCCCC3)cc2)c2ccc3cc4c(cc3c2)C2(c3ccccc3-c3ccccc32)c2c-4c3ccccc3c3cc(N(c4ccccc4)c4ccc(C5CCCCC5)cc4)ccc23)cc1. The van der Waals surface area contributed by atoms with Crippen LogP contribution in [0.25, 0.3) is 54.6 Å². The van der Waals surface area contributed by atoms with Crippen LogP contribution < -0.4 is 9.80 Å². The molecule has 0 aliphatic heterocycles. The second-order valence-corrected chi connectivity index (χ2v) is 22.0. The van der Waals surface area contributed by atoms with Crippen molar-refractivity contribution in [3.05, 3.63) is 264 Å². The molecule has 1 spiro atoms. The topological polar surface area (TPSA) is 6.48 Å². The molecule has 2 fully saturated rings. The van der Waals surface area contributed by atoms with Gasteiger partial charge in [-0.1, -0.05) is 184 Å². The van der Waals surface area contributed by atoms with E-state index in [1.807, 2.05) is 0 Å². The molecule has 2 nitrogen and oxygen atoms in total. The Kier molecular flexibility index (Phi) is 10.6. The van der Waals surface area contributed by atoms with Crippen molar-refractivity contribution < 1.29 is 0 Å². The van der Waals surface area contributed by atoms with Crippen LogP contribution >= 0.6 is 0 Å². The number of anilines is 6. The van der Waals surface area contributed by atoms with Crippen molar-refractivity contribution in [2.24, 2.45) is 0 Å². The van der Waals surface area contributed by atoms with Crippen LogP contribution in [0.1, 0.15) is 109 Å². The monoisotopic (exact) mass is 964 g/mol. The van der Waals surface area contributed by atoms with Gasteiger partial charge in [-0.2, -0.15) is 0 Å². The lowest BCUT2D eigenvalue weighted by Crippen LogP contribution is -2.26. The summed E-state index contributed by atoms with van der Waals surface area (Å²) in [7, 11) is 0. The Labute approximate surface area is 441 Å². The fourth-order valence-corrected chi connectivity index (χ4v) is 14.6. The van der Waals surface area contributed by atoms with Crippen LogP contribution in [0.3, 0.4) is 0 Å². The molecule has 11 aromatic carbocycles. The van der Waals surface area contributed by atoms with E-state index in [1.165, 1.54) is 164 Å². The lowest BCUT2D eigenvalue weighted by molar-refractivity contribution is 0.443. The van der Waals surface area contributed by atoms with Gasteiger partial charge in [-0.25, -0.2) is 0 Å². The van der Waals surface area contributed by atoms with Crippen molar-refractivity contribution in [2.45, 2.75) is 81.5 Å². The second kappa shape index (κ2) is 18.0. The molecule has 0 radical (unpaired) electrons. The fraction of sp³-hybridized carbons (Fsp3) is 0.178. The first-order chi connectivity index (χ1) is 37.2. The van der Waals surface area contributed by atoms with Crippen molar-refractivity contribution in [3.63, 3.8) is 0 Å². The molecule has 0 bridgehead atoms. The van der Waals surface area contributed by atoms with E-state index < -0.39 is 5.41 Å². The maximum atomic E-state index is 2.57. The molecule has 0 atom stereocenters. The van der Waals surface area contributed by atoms with Crippen LogP contribution in [0.4, 0.5) is 34.1 Å². The molecule has 4 aliphatic rings. The van der Waals surface area contributed by atoms with E-state index in [2.05, 4.69) is 240 Å². The summed E-state index contributed by atoms with van der Waals surface area (Å²) in [6.07, 6.45) is 13.3. The molecule has 75 heavy (non-hydrogen) atoms. The molecule has 0 amide bonds. The van der Waals surface area contributed by atoms with E-state index in [1.54, 1.807) is 0 Å². The van der Waals surface area contributed by atoms with Gasteiger partial charge in [-0.3, -0.25) is 0 Å². The molecule has 0 saturated heterocycles. The van der Waals surface area contributed by atoms with Crippen LogP contribution in [-0.2, 0) is 5.41 Å². The van der Waals surface area contributed by atoms with Gasteiger partial charge in [0.2, 0.25) is 0 Å². The molecule has 11 aromatic rings. The molecule has 2 saturated carbocycles. The summed E-state index contributed by atoms with van der Waals surface area (Å²) in [5, 5.41) is 7.63. The normalized spacial score (nSPS) is 15.7. The van der Waals surface area contributed by atoms with Gasteiger partial charge in [-0.05, 0) is 210 Å². The highest BCUT2D eigenvalue weighted by atomic mass is 15.1. The molecule has 4 aliphatic carbocycles. The molecule has 15 rings (SSSR count). The van der Waals surface area contributed by atoms with E-state index >= 15 is 0 Å². The first-order valence-electron chi connectivity index (χ1n) is 27.9. The first kappa shape index (κ1) is 44.3. The summed E-state index contributed by atoms with van der Waals surface area (Å²) in [5.74, 6) is 1.32. The van der Waals surface area contributed by atoms with E-state index in [9.17, 15) is 0 Å². The Morgan fingerprint density at radius 3 is 1.33 bits per heavy atom. The van der Waals surface area contributed by atoms with Crippen molar-refractivity contribution in [2.75, 3.05) is 9.80 Å². The Morgan fingerprint density at radius 1 is 0.293 bits per heavy atom. The van der Waals surface area contributed by atoms with E-state index in [4.69, 9.17) is 0 Å². The average molecular weight is 965 g/mol. The molecular weight excluding hydrogens is 905 g/mol. The number of hydrogen-bond donors (Lipinski definition) is 0. The summed E-state index contributed by atoms with van der Waals surface area (Å²) in [4.78, 5) is 4.91. The van der Waals surface area contributed by atoms with Gasteiger partial charge in [-0.15, -0.1) is 0 Å². The zero-order chi connectivity index (χ0) is 49.5. The smallest absolute Gasteiger partial charge is 0.0731 e. The van der Waals surface area contributed by atoms with Crippen LogP contribution in [0.15, 0.2) is 231 Å². The minimum absolute atomic E-state index is 0.562. The van der Waals surface area contributed by atoms with Crippen LogP contribution in [-0.4, -0.2) is 0 Å². The van der Waals surface area contributed by atoms with Gasteiger partial charge in [0.05, 0.1) is 5.41 Å². The predicted molar refractivity (Wildman–Crippen MR) is 316 cm³/mol. The van der Waals surface area contributed by atoms with Gasteiger partial charge in [0.1, 0.15) is 0 Å². The summed E-state index contributed by atoms with van der Waals surface area (Å²) >= 11 is 0. The molecule has 0 N–H and O–H groups in total. The fourth-order valence-electron chi connectivity index (χ4n) is 14.6.